The van der Waals surface area contributed by atoms with Gasteiger partial charge in [0, 0.05) is 12.7 Å². The fourth-order valence-corrected chi connectivity index (χ4v) is 3.87. The van der Waals surface area contributed by atoms with E-state index in [1.807, 2.05) is 11.5 Å². The van der Waals surface area contributed by atoms with Crippen LogP contribution in [0.5, 0.6) is 0 Å². The van der Waals surface area contributed by atoms with Crippen LogP contribution in [0.25, 0.3) is 10.2 Å². The number of unbranched alkanes of at least 4 members (excludes halogenated alkanes) is 1. The van der Waals surface area contributed by atoms with Gasteiger partial charge in [-0.05, 0) is 43.5 Å². The highest BCUT2D eigenvalue weighted by Gasteiger charge is 2.11. The lowest BCUT2D eigenvalue weighted by Crippen LogP contribution is -2.16. The third-order valence-corrected chi connectivity index (χ3v) is 5.24. The summed E-state index contributed by atoms with van der Waals surface area (Å²) in [5.41, 5.74) is 2.66. The summed E-state index contributed by atoms with van der Waals surface area (Å²) in [6.07, 6.45) is 10.7. The Kier molecular flexibility index (Phi) is 5.69. The number of carbonyl (C=O) groups excluding carboxylic acids is 1. The van der Waals surface area contributed by atoms with Gasteiger partial charge in [0.05, 0.1) is 16.8 Å². The number of fused-ring (bicyclic) bond motifs is 1. The fourth-order valence-electron chi connectivity index (χ4n) is 2.78. The maximum Gasteiger partial charge on any atom is 0.300 e. The molecule has 0 atom stereocenters. The smallest absolute Gasteiger partial charge is 0.300 e. The molecule has 0 bridgehead atoms. The summed E-state index contributed by atoms with van der Waals surface area (Å²) in [7, 11) is 0. The van der Waals surface area contributed by atoms with Gasteiger partial charge in [-0.25, -0.2) is 0 Å². The van der Waals surface area contributed by atoms with E-state index in [-0.39, 0.29) is 5.91 Å². The zero-order valence-electron chi connectivity index (χ0n) is 15.1. The minimum absolute atomic E-state index is 0.347. The molecule has 26 heavy (non-hydrogen) atoms. The van der Waals surface area contributed by atoms with Gasteiger partial charge in [0.15, 0.2) is 10.5 Å². The van der Waals surface area contributed by atoms with E-state index < -0.39 is 0 Å². The largest absolute Gasteiger partial charge is 0.305 e. The molecule has 0 spiro atoms. The fraction of sp³-hybridized carbons (Fsp3) is 0.350. The highest BCUT2D eigenvalue weighted by molar-refractivity contribution is 7.16. The lowest BCUT2D eigenvalue weighted by Gasteiger charge is -2.02. The molecule has 3 rings (SSSR count). The van der Waals surface area contributed by atoms with E-state index in [0.717, 1.165) is 23.1 Å². The summed E-state index contributed by atoms with van der Waals surface area (Å²) in [6.45, 7) is 5.26. The predicted molar refractivity (Wildman–Crippen MR) is 105 cm³/mol. The van der Waals surface area contributed by atoms with Gasteiger partial charge in [0.1, 0.15) is 0 Å². The van der Waals surface area contributed by atoms with Crippen LogP contribution in [0.15, 0.2) is 35.5 Å². The number of nitrogens with zero attached hydrogens (tertiary/aromatic N) is 4. The number of aromatic nitrogens is 3. The zero-order valence-corrected chi connectivity index (χ0v) is 15.9. The van der Waals surface area contributed by atoms with Crippen molar-refractivity contribution in [2.75, 3.05) is 0 Å². The van der Waals surface area contributed by atoms with Crippen molar-refractivity contribution < 1.29 is 4.79 Å². The van der Waals surface area contributed by atoms with E-state index in [1.165, 1.54) is 23.3 Å². The quantitative estimate of drug-likeness (QED) is 0.626. The highest BCUT2D eigenvalue weighted by Crippen LogP contribution is 2.20. The molecule has 0 N–H and O–H groups in total. The van der Waals surface area contributed by atoms with Crippen molar-refractivity contribution in [3.8, 4) is 12.3 Å². The molecular weight excluding hydrogens is 344 g/mol. The van der Waals surface area contributed by atoms with Crippen LogP contribution in [0.3, 0.4) is 0 Å². The van der Waals surface area contributed by atoms with Crippen LogP contribution in [-0.2, 0) is 19.5 Å². The summed E-state index contributed by atoms with van der Waals surface area (Å²) in [5.74, 6) is 2.31. The van der Waals surface area contributed by atoms with Crippen molar-refractivity contribution in [3.63, 3.8) is 0 Å². The number of carbonyl (C=O) groups is 1. The monoisotopic (exact) mass is 366 g/mol. The summed E-state index contributed by atoms with van der Waals surface area (Å²) < 4.78 is 4.72. The minimum Gasteiger partial charge on any atom is -0.305 e. The van der Waals surface area contributed by atoms with Crippen LogP contribution in [0, 0.1) is 12.3 Å². The summed E-state index contributed by atoms with van der Waals surface area (Å²) in [4.78, 5) is 17.4. The topological polar surface area (TPSA) is 52.2 Å². The minimum atomic E-state index is -0.347. The van der Waals surface area contributed by atoms with E-state index in [9.17, 15) is 4.79 Å². The molecule has 3 aromatic rings. The van der Waals surface area contributed by atoms with E-state index in [4.69, 9.17) is 6.42 Å². The first-order valence-electron chi connectivity index (χ1n) is 8.84. The molecule has 0 saturated heterocycles. The number of aryl methyl sites for hydroxylation is 2. The first kappa shape index (κ1) is 18.2. The molecule has 0 fully saturated rings. The SMILES string of the molecule is C#CCn1c(=NC(=O)c2ccn(CC)n2)sc2cc(CCCC)ccc21. The van der Waals surface area contributed by atoms with Crippen molar-refractivity contribution in [2.24, 2.45) is 4.99 Å². The van der Waals surface area contributed by atoms with Gasteiger partial charge >= 0.3 is 0 Å². The lowest BCUT2D eigenvalue weighted by molar-refractivity contribution is 0.0992. The van der Waals surface area contributed by atoms with Gasteiger partial charge in [-0.2, -0.15) is 10.1 Å². The van der Waals surface area contributed by atoms with Gasteiger partial charge in [-0.3, -0.25) is 9.48 Å². The van der Waals surface area contributed by atoms with Crippen LogP contribution in [0.1, 0.15) is 42.7 Å². The van der Waals surface area contributed by atoms with E-state index in [1.54, 1.807) is 16.9 Å². The Bertz CT molecular complexity index is 1030. The van der Waals surface area contributed by atoms with Crippen LogP contribution < -0.4 is 4.80 Å². The van der Waals surface area contributed by atoms with Crippen molar-refractivity contribution in [1.82, 2.24) is 14.3 Å². The van der Waals surface area contributed by atoms with Crippen LogP contribution in [0.2, 0.25) is 0 Å². The number of terminal acetylenes is 1. The number of benzene rings is 1. The number of amides is 1. The molecule has 0 unspecified atom stereocenters. The lowest BCUT2D eigenvalue weighted by atomic mass is 10.1. The molecule has 0 aliphatic rings. The molecule has 5 nitrogen and oxygen atoms in total. The van der Waals surface area contributed by atoms with Crippen molar-refractivity contribution >= 4 is 27.5 Å². The third kappa shape index (κ3) is 3.78. The first-order chi connectivity index (χ1) is 12.7. The average molecular weight is 366 g/mol. The molecule has 2 heterocycles. The summed E-state index contributed by atoms with van der Waals surface area (Å²) in [6, 6.07) is 8.07. The second-order valence-corrected chi connectivity index (χ2v) is 7.06. The van der Waals surface area contributed by atoms with Gasteiger partial charge < -0.3 is 4.57 Å². The van der Waals surface area contributed by atoms with Crippen LogP contribution >= 0.6 is 11.3 Å². The van der Waals surface area contributed by atoms with Crippen molar-refractivity contribution in [2.45, 2.75) is 46.2 Å². The second kappa shape index (κ2) is 8.15. The van der Waals surface area contributed by atoms with Crippen molar-refractivity contribution in [3.05, 3.63) is 46.5 Å². The molecule has 6 heteroatoms. The van der Waals surface area contributed by atoms with Crippen LogP contribution in [0.4, 0.5) is 0 Å². The molecule has 0 saturated carbocycles. The van der Waals surface area contributed by atoms with E-state index in [2.05, 4.69) is 41.1 Å². The van der Waals surface area contributed by atoms with Gasteiger partial charge in [0.2, 0.25) is 0 Å². The Morgan fingerprint density at radius 1 is 1.35 bits per heavy atom. The normalized spacial score (nSPS) is 11.8. The third-order valence-electron chi connectivity index (χ3n) is 4.20. The second-order valence-electron chi connectivity index (χ2n) is 6.05. The molecule has 0 radical (unpaired) electrons. The Morgan fingerprint density at radius 3 is 2.88 bits per heavy atom. The Balaban J connectivity index is 2.04. The van der Waals surface area contributed by atoms with Crippen LogP contribution in [-0.4, -0.2) is 20.3 Å². The first-order valence-corrected chi connectivity index (χ1v) is 9.66. The Hall–Kier alpha value is -2.65. The molecular formula is C20H22N4OS. The predicted octanol–water partition coefficient (Wildman–Crippen LogP) is 3.64. The molecule has 0 aliphatic heterocycles. The number of rotatable bonds is 6. The number of hydrogen-bond donors (Lipinski definition) is 0. The average Bonchev–Trinajstić information content (AvgIpc) is 3.25. The molecule has 2 aromatic heterocycles. The summed E-state index contributed by atoms with van der Waals surface area (Å²) >= 11 is 1.49. The number of hydrogen-bond acceptors (Lipinski definition) is 3. The molecule has 0 aliphatic carbocycles. The van der Waals surface area contributed by atoms with E-state index in [0.29, 0.717) is 23.6 Å². The summed E-state index contributed by atoms with van der Waals surface area (Å²) in [5, 5.41) is 4.23. The maximum atomic E-state index is 12.5. The van der Waals surface area contributed by atoms with Crippen molar-refractivity contribution in [1.29, 1.82) is 0 Å². The van der Waals surface area contributed by atoms with Gasteiger partial charge in [0.25, 0.3) is 5.91 Å². The standard InChI is InChI=1S/C20H22N4OS/c1-4-7-8-15-9-10-17-18(14-15)26-20(24(17)12-5-2)21-19(25)16-11-13-23(6-3)22-16/h2,9-11,13-14H,4,6-8,12H2,1,3H3. The zero-order chi connectivity index (χ0) is 18.5. The highest BCUT2D eigenvalue weighted by atomic mass is 32.1. The van der Waals surface area contributed by atoms with Gasteiger partial charge in [-0.15, -0.1) is 6.42 Å². The number of thiazole rings is 1. The Morgan fingerprint density at radius 2 is 2.19 bits per heavy atom. The Labute approximate surface area is 157 Å². The van der Waals surface area contributed by atoms with Gasteiger partial charge in [-0.1, -0.05) is 36.7 Å². The molecule has 1 aromatic carbocycles. The maximum absolute atomic E-state index is 12.5. The molecule has 1 amide bonds. The molecule has 134 valence electrons. The van der Waals surface area contributed by atoms with E-state index >= 15 is 0 Å².